The average molecular weight is 428 g/mol. The van der Waals surface area contributed by atoms with Gasteiger partial charge in [0.25, 0.3) is 5.91 Å². The van der Waals surface area contributed by atoms with Gasteiger partial charge in [-0.25, -0.2) is 0 Å². The summed E-state index contributed by atoms with van der Waals surface area (Å²) in [6, 6.07) is 3.03. The Morgan fingerprint density at radius 2 is 2.00 bits per heavy atom. The summed E-state index contributed by atoms with van der Waals surface area (Å²) in [7, 11) is 0. The minimum Gasteiger partial charge on any atom is -0.481 e. The Morgan fingerprint density at radius 1 is 1.30 bits per heavy atom. The molecule has 1 aliphatic carbocycles. The number of halogens is 3. The van der Waals surface area contributed by atoms with Crippen LogP contribution in [0.5, 0.6) is 0 Å². The van der Waals surface area contributed by atoms with E-state index in [0.717, 1.165) is 0 Å². The number of hydrogen-bond acceptors (Lipinski definition) is 2. The number of benzene rings is 1. The number of carbonyl (C=O) groups is 2. The van der Waals surface area contributed by atoms with Crippen molar-refractivity contribution in [1.82, 2.24) is 5.32 Å². The summed E-state index contributed by atoms with van der Waals surface area (Å²) in [5.41, 5.74) is 0.418. The van der Waals surface area contributed by atoms with E-state index in [4.69, 9.17) is 28.3 Å². The van der Waals surface area contributed by atoms with Gasteiger partial charge in [-0.05, 0) is 54.0 Å². The van der Waals surface area contributed by atoms with Gasteiger partial charge < -0.3 is 10.4 Å². The smallest absolute Gasteiger partial charge is 0.306 e. The molecule has 108 valence electrons. The second kappa shape index (κ2) is 6.49. The number of carboxylic acids is 1. The molecule has 7 heteroatoms. The van der Waals surface area contributed by atoms with Gasteiger partial charge in [-0.2, -0.15) is 0 Å². The number of hydrogen-bond donors (Lipinski definition) is 2. The van der Waals surface area contributed by atoms with Gasteiger partial charge in [0.15, 0.2) is 0 Å². The number of rotatable bonds is 3. The third-order valence-corrected chi connectivity index (χ3v) is 5.35. The van der Waals surface area contributed by atoms with Crippen LogP contribution in [0.25, 0.3) is 0 Å². The molecule has 2 N–H and O–H groups in total. The topological polar surface area (TPSA) is 66.4 Å². The van der Waals surface area contributed by atoms with E-state index in [2.05, 4.69) is 5.32 Å². The van der Waals surface area contributed by atoms with Crippen molar-refractivity contribution in [2.24, 2.45) is 5.92 Å². The predicted octanol–water partition coefficient (Wildman–Crippen LogP) is 3.58. The maximum absolute atomic E-state index is 12.2. The maximum atomic E-state index is 12.2. The molecule has 0 bridgehead atoms. The van der Waals surface area contributed by atoms with E-state index < -0.39 is 5.97 Å². The summed E-state index contributed by atoms with van der Waals surface area (Å²) in [5, 5.41) is 12.6. The molecule has 0 saturated heterocycles. The molecular weight excluding hydrogens is 416 g/mol. The fourth-order valence-electron chi connectivity index (χ4n) is 2.32. The molecule has 0 radical (unpaired) electrons. The molecule has 20 heavy (non-hydrogen) atoms. The lowest BCUT2D eigenvalue weighted by atomic mass is 10.1. The van der Waals surface area contributed by atoms with Gasteiger partial charge in [0.05, 0.1) is 16.5 Å². The molecule has 0 aromatic heterocycles. The molecule has 2 unspecified atom stereocenters. The van der Waals surface area contributed by atoms with Crippen molar-refractivity contribution >= 4 is 57.7 Å². The number of amides is 1. The molecular formula is C13H12Cl2INO3. The monoisotopic (exact) mass is 427 g/mol. The van der Waals surface area contributed by atoms with Crippen LogP contribution in [0.15, 0.2) is 12.1 Å². The molecule has 1 aliphatic rings. The first kappa shape index (κ1) is 15.9. The number of carboxylic acid groups (broad SMARTS) is 1. The third kappa shape index (κ3) is 3.56. The van der Waals surface area contributed by atoms with E-state index in [0.29, 0.717) is 38.4 Å². The SMILES string of the molecule is O=C(NC1CCC(C(=O)O)C1)c1cc(Cl)cc(Cl)c1I. The van der Waals surface area contributed by atoms with Crippen LogP contribution in [0.2, 0.25) is 10.0 Å². The van der Waals surface area contributed by atoms with Crippen LogP contribution in [0.1, 0.15) is 29.6 Å². The Balaban J connectivity index is 2.08. The van der Waals surface area contributed by atoms with E-state index in [1.165, 1.54) is 0 Å². The van der Waals surface area contributed by atoms with Crippen molar-refractivity contribution in [1.29, 1.82) is 0 Å². The average Bonchev–Trinajstić information content (AvgIpc) is 2.82. The molecule has 1 fully saturated rings. The van der Waals surface area contributed by atoms with Crippen LogP contribution < -0.4 is 5.32 Å². The van der Waals surface area contributed by atoms with Crippen LogP contribution in [-0.2, 0) is 4.79 Å². The molecule has 1 aromatic carbocycles. The molecule has 4 nitrogen and oxygen atoms in total. The normalized spacial score (nSPS) is 21.8. The lowest BCUT2D eigenvalue weighted by Gasteiger charge is -2.14. The van der Waals surface area contributed by atoms with Crippen molar-refractivity contribution in [3.8, 4) is 0 Å². The highest BCUT2D eigenvalue weighted by atomic mass is 127. The quantitative estimate of drug-likeness (QED) is 0.572. The van der Waals surface area contributed by atoms with E-state index >= 15 is 0 Å². The lowest BCUT2D eigenvalue weighted by Crippen LogP contribution is -2.33. The van der Waals surface area contributed by atoms with Crippen molar-refractivity contribution in [2.75, 3.05) is 0 Å². The summed E-state index contributed by atoms with van der Waals surface area (Å²) < 4.78 is 0.638. The molecule has 0 aliphatic heterocycles. The largest absolute Gasteiger partial charge is 0.481 e. The highest BCUT2D eigenvalue weighted by molar-refractivity contribution is 14.1. The van der Waals surface area contributed by atoms with Gasteiger partial charge >= 0.3 is 5.97 Å². The van der Waals surface area contributed by atoms with Crippen molar-refractivity contribution in [3.63, 3.8) is 0 Å². The second-order valence-corrected chi connectivity index (χ2v) is 6.69. The predicted molar refractivity (Wildman–Crippen MR) is 85.4 cm³/mol. The van der Waals surface area contributed by atoms with Gasteiger partial charge in [0.2, 0.25) is 0 Å². The minimum atomic E-state index is -0.804. The zero-order chi connectivity index (χ0) is 14.9. The molecule has 2 atom stereocenters. The molecule has 1 aromatic rings. The first-order chi connectivity index (χ1) is 9.38. The fraction of sp³-hybridized carbons (Fsp3) is 0.385. The van der Waals surface area contributed by atoms with Gasteiger partial charge in [-0.3, -0.25) is 9.59 Å². The van der Waals surface area contributed by atoms with E-state index in [1.807, 2.05) is 22.6 Å². The van der Waals surface area contributed by atoms with Crippen molar-refractivity contribution in [2.45, 2.75) is 25.3 Å². The van der Waals surface area contributed by atoms with Crippen LogP contribution in [0, 0.1) is 9.49 Å². The Hall–Kier alpha value is -0.530. The third-order valence-electron chi connectivity index (χ3n) is 3.35. The molecule has 2 rings (SSSR count). The van der Waals surface area contributed by atoms with Gasteiger partial charge in [-0.1, -0.05) is 23.2 Å². The summed E-state index contributed by atoms with van der Waals surface area (Å²) in [5.74, 6) is -1.45. The highest BCUT2D eigenvalue weighted by Crippen LogP contribution is 2.29. The van der Waals surface area contributed by atoms with E-state index in [-0.39, 0.29) is 17.9 Å². The van der Waals surface area contributed by atoms with Crippen molar-refractivity contribution < 1.29 is 14.7 Å². The highest BCUT2D eigenvalue weighted by Gasteiger charge is 2.31. The van der Waals surface area contributed by atoms with Gasteiger partial charge in [-0.15, -0.1) is 0 Å². The maximum Gasteiger partial charge on any atom is 0.306 e. The lowest BCUT2D eigenvalue weighted by molar-refractivity contribution is -0.141. The number of aliphatic carboxylic acids is 1. The second-order valence-electron chi connectivity index (χ2n) is 4.77. The molecule has 1 amide bonds. The van der Waals surface area contributed by atoms with Crippen LogP contribution >= 0.6 is 45.8 Å². The number of nitrogens with one attached hydrogen (secondary N) is 1. The number of carbonyl (C=O) groups excluding carboxylic acids is 1. The van der Waals surface area contributed by atoms with E-state index in [1.54, 1.807) is 12.1 Å². The summed E-state index contributed by atoms with van der Waals surface area (Å²) in [6.07, 6.45) is 1.73. The van der Waals surface area contributed by atoms with Crippen LogP contribution in [-0.4, -0.2) is 23.0 Å². The standard InChI is InChI=1S/C13H12Cl2INO3/c14-7-4-9(11(16)10(15)5-7)12(18)17-8-2-1-6(3-8)13(19)20/h4-6,8H,1-3H2,(H,17,18)(H,19,20). The first-order valence-corrected chi connectivity index (χ1v) is 7.90. The molecule has 1 saturated carbocycles. The molecule has 0 spiro atoms. The first-order valence-electron chi connectivity index (χ1n) is 6.06. The van der Waals surface area contributed by atoms with Gasteiger partial charge in [0, 0.05) is 14.6 Å². The Labute approximate surface area is 140 Å². The van der Waals surface area contributed by atoms with Crippen molar-refractivity contribution in [3.05, 3.63) is 31.3 Å². The Bertz CT molecular complexity index is 565. The summed E-state index contributed by atoms with van der Waals surface area (Å²) >= 11 is 13.9. The zero-order valence-electron chi connectivity index (χ0n) is 10.3. The summed E-state index contributed by atoms with van der Waals surface area (Å²) in [4.78, 5) is 23.1. The van der Waals surface area contributed by atoms with Crippen LogP contribution in [0.3, 0.4) is 0 Å². The zero-order valence-corrected chi connectivity index (χ0v) is 14.0. The molecule has 0 heterocycles. The summed E-state index contributed by atoms with van der Waals surface area (Å²) in [6.45, 7) is 0. The van der Waals surface area contributed by atoms with Gasteiger partial charge in [0.1, 0.15) is 0 Å². The Kier molecular flexibility index (Phi) is 5.14. The van der Waals surface area contributed by atoms with E-state index in [9.17, 15) is 9.59 Å². The minimum absolute atomic E-state index is 0.114. The van der Waals surface area contributed by atoms with Crippen LogP contribution in [0.4, 0.5) is 0 Å². The Morgan fingerprint density at radius 3 is 2.60 bits per heavy atom. The fourth-order valence-corrected chi connectivity index (χ4v) is 3.37.